The standard InChI is InChI=1S/C28H30N8O/c1-34-10-9-23(32-34)15-26-29-16-21-7-8-24-27(28(21)31-26)25(35(2)33-24)14-19-5-4-6-20(13-19)22-17-30-36(18-22)11-12-37-3/h4-6,9-10,13,16-18H,7-8,11-12,14-15H2,1-3H3. The minimum Gasteiger partial charge on any atom is -0.383 e. The molecular formula is C28H30N8O. The van der Waals surface area contributed by atoms with Crippen molar-refractivity contribution in [1.29, 1.82) is 0 Å². The maximum atomic E-state index is 5.18. The third-order valence-corrected chi connectivity index (χ3v) is 6.92. The molecule has 37 heavy (non-hydrogen) atoms. The summed E-state index contributed by atoms with van der Waals surface area (Å²) in [4.78, 5) is 9.68. The second kappa shape index (κ2) is 9.74. The molecule has 0 N–H and O–H groups in total. The van der Waals surface area contributed by atoms with Crippen LogP contribution in [-0.2, 0) is 51.1 Å². The summed E-state index contributed by atoms with van der Waals surface area (Å²) >= 11 is 0. The summed E-state index contributed by atoms with van der Waals surface area (Å²) < 4.78 is 10.9. The van der Waals surface area contributed by atoms with E-state index < -0.39 is 0 Å². The zero-order valence-electron chi connectivity index (χ0n) is 21.4. The molecule has 0 fully saturated rings. The highest BCUT2D eigenvalue weighted by Gasteiger charge is 2.26. The van der Waals surface area contributed by atoms with Gasteiger partial charge in [-0.3, -0.25) is 14.0 Å². The summed E-state index contributed by atoms with van der Waals surface area (Å²) in [6.07, 6.45) is 11.1. The van der Waals surface area contributed by atoms with E-state index in [1.54, 1.807) is 7.11 Å². The third kappa shape index (κ3) is 4.70. The smallest absolute Gasteiger partial charge is 0.134 e. The molecule has 0 bridgehead atoms. The van der Waals surface area contributed by atoms with E-state index >= 15 is 0 Å². The molecule has 0 saturated carbocycles. The van der Waals surface area contributed by atoms with Crippen LogP contribution in [0.5, 0.6) is 0 Å². The van der Waals surface area contributed by atoms with Gasteiger partial charge in [0.25, 0.3) is 0 Å². The van der Waals surface area contributed by atoms with E-state index in [1.165, 1.54) is 16.8 Å². The molecule has 9 nitrogen and oxygen atoms in total. The highest BCUT2D eigenvalue weighted by Crippen LogP contribution is 2.35. The minimum absolute atomic E-state index is 0.610. The number of hydrogen-bond acceptors (Lipinski definition) is 6. The Balaban J connectivity index is 1.31. The number of hydrogen-bond donors (Lipinski definition) is 0. The molecule has 1 aliphatic rings. The van der Waals surface area contributed by atoms with Crippen molar-refractivity contribution in [3.05, 3.63) is 89.2 Å². The first-order valence-corrected chi connectivity index (χ1v) is 12.6. The summed E-state index contributed by atoms with van der Waals surface area (Å²) in [6, 6.07) is 10.7. The Hall–Kier alpha value is -4.11. The average molecular weight is 495 g/mol. The van der Waals surface area contributed by atoms with Gasteiger partial charge in [0, 0.05) is 57.3 Å². The van der Waals surface area contributed by atoms with Crippen LogP contribution in [0.3, 0.4) is 0 Å². The molecule has 1 aliphatic carbocycles. The lowest BCUT2D eigenvalue weighted by Gasteiger charge is -2.16. The lowest BCUT2D eigenvalue weighted by molar-refractivity contribution is 0.183. The summed E-state index contributed by atoms with van der Waals surface area (Å²) in [6.45, 7) is 1.38. The first-order valence-electron chi connectivity index (χ1n) is 12.6. The van der Waals surface area contributed by atoms with Crippen molar-refractivity contribution in [2.45, 2.75) is 32.2 Å². The van der Waals surface area contributed by atoms with E-state index in [4.69, 9.17) is 14.8 Å². The predicted octanol–water partition coefficient (Wildman–Crippen LogP) is 3.40. The van der Waals surface area contributed by atoms with E-state index in [-0.39, 0.29) is 0 Å². The van der Waals surface area contributed by atoms with Crippen molar-refractivity contribution in [1.82, 2.24) is 39.3 Å². The zero-order chi connectivity index (χ0) is 25.4. The number of aryl methyl sites for hydroxylation is 4. The van der Waals surface area contributed by atoms with Crippen molar-refractivity contribution in [3.8, 4) is 22.4 Å². The molecule has 6 rings (SSSR count). The van der Waals surface area contributed by atoms with Crippen LogP contribution in [0, 0.1) is 0 Å². The van der Waals surface area contributed by atoms with Crippen LogP contribution < -0.4 is 0 Å². The number of nitrogens with zero attached hydrogens (tertiary/aromatic N) is 8. The molecule has 188 valence electrons. The Labute approximate surface area is 215 Å². The molecule has 0 unspecified atom stereocenters. The molecular weight excluding hydrogens is 464 g/mol. The monoisotopic (exact) mass is 494 g/mol. The van der Waals surface area contributed by atoms with Gasteiger partial charge < -0.3 is 4.74 Å². The molecule has 0 saturated heterocycles. The molecule has 5 aromatic rings. The van der Waals surface area contributed by atoms with Gasteiger partial charge in [-0.2, -0.15) is 15.3 Å². The fourth-order valence-electron chi connectivity index (χ4n) is 5.05. The van der Waals surface area contributed by atoms with Crippen LogP contribution in [-0.4, -0.2) is 53.0 Å². The quantitative estimate of drug-likeness (QED) is 0.329. The minimum atomic E-state index is 0.610. The van der Waals surface area contributed by atoms with Crippen LogP contribution in [0.2, 0.25) is 0 Å². The normalized spacial score (nSPS) is 12.5. The van der Waals surface area contributed by atoms with Gasteiger partial charge in [-0.05, 0) is 35.6 Å². The Morgan fingerprint density at radius 1 is 1.00 bits per heavy atom. The van der Waals surface area contributed by atoms with E-state index in [0.717, 1.165) is 65.4 Å². The second-order valence-corrected chi connectivity index (χ2v) is 9.57. The van der Waals surface area contributed by atoms with Crippen LogP contribution in [0.25, 0.3) is 22.4 Å². The number of aromatic nitrogens is 8. The molecule has 0 spiro atoms. The van der Waals surface area contributed by atoms with Crippen molar-refractivity contribution in [3.63, 3.8) is 0 Å². The predicted molar refractivity (Wildman–Crippen MR) is 140 cm³/mol. The Kier molecular flexibility index (Phi) is 6.13. The number of ether oxygens (including phenoxy) is 1. The molecule has 0 atom stereocenters. The molecule has 9 heteroatoms. The summed E-state index contributed by atoms with van der Waals surface area (Å²) in [5.74, 6) is 0.785. The Morgan fingerprint density at radius 3 is 2.76 bits per heavy atom. The van der Waals surface area contributed by atoms with Crippen LogP contribution in [0.1, 0.15) is 34.0 Å². The molecule has 4 heterocycles. The number of benzene rings is 1. The second-order valence-electron chi connectivity index (χ2n) is 9.57. The van der Waals surface area contributed by atoms with Gasteiger partial charge >= 0.3 is 0 Å². The lowest BCUT2D eigenvalue weighted by Crippen LogP contribution is -2.10. The van der Waals surface area contributed by atoms with Gasteiger partial charge in [-0.1, -0.05) is 24.3 Å². The molecule has 0 aliphatic heterocycles. The van der Waals surface area contributed by atoms with Crippen LogP contribution >= 0.6 is 0 Å². The molecule has 0 amide bonds. The largest absolute Gasteiger partial charge is 0.383 e. The number of rotatable bonds is 8. The zero-order valence-corrected chi connectivity index (χ0v) is 21.4. The number of fused-ring (bicyclic) bond motifs is 3. The SMILES string of the molecule is COCCn1cc(-c2cccc(Cc3c4c(nn3C)CCc3cnc(Cc5ccn(C)n5)nc3-4)c2)cn1. The van der Waals surface area contributed by atoms with E-state index in [1.807, 2.05) is 52.8 Å². The van der Waals surface area contributed by atoms with E-state index in [0.29, 0.717) is 13.0 Å². The average Bonchev–Trinajstić information content (AvgIpc) is 3.62. The van der Waals surface area contributed by atoms with E-state index in [9.17, 15) is 0 Å². The maximum Gasteiger partial charge on any atom is 0.134 e. The molecule has 1 aromatic carbocycles. The topological polar surface area (TPSA) is 88.5 Å². The van der Waals surface area contributed by atoms with Crippen LogP contribution in [0.15, 0.2) is 55.1 Å². The van der Waals surface area contributed by atoms with Crippen molar-refractivity contribution >= 4 is 0 Å². The molecule has 4 aromatic heterocycles. The molecule has 0 radical (unpaired) electrons. The van der Waals surface area contributed by atoms with Gasteiger partial charge in [0.2, 0.25) is 0 Å². The van der Waals surface area contributed by atoms with Crippen LogP contribution in [0.4, 0.5) is 0 Å². The van der Waals surface area contributed by atoms with Gasteiger partial charge in [0.1, 0.15) is 5.82 Å². The van der Waals surface area contributed by atoms with Crippen molar-refractivity contribution in [2.75, 3.05) is 13.7 Å². The first kappa shape index (κ1) is 23.3. The van der Waals surface area contributed by atoms with Gasteiger partial charge in [0.15, 0.2) is 0 Å². The first-order chi connectivity index (χ1) is 18.1. The fourth-order valence-corrected chi connectivity index (χ4v) is 5.05. The summed E-state index contributed by atoms with van der Waals surface area (Å²) in [5, 5.41) is 13.9. The van der Waals surface area contributed by atoms with Gasteiger partial charge in [0.05, 0.1) is 48.5 Å². The van der Waals surface area contributed by atoms with Crippen molar-refractivity contribution in [2.24, 2.45) is 14.1 Å². The summed E-state index contributed by atoms with van der Waals surface area (Å²) in [7, 11) is 5.66. The van der Waals surface area contributed by atoms with Gasteiger partial charge in [-0.15, -0.1) is 0 Å². The Morgan fingerprint density at radius 2 is 1.92 bits per heavy atom. The maximum absolute atomic E-state index is 5.18. The Bertz CT molecular complexity index is 1560. The van der Waals surface area contributed by atoms with Crippen molar-refractivity contribution < 1.29 is 4.74 Å². The van der Waals surface area contributed by atoms with E-state index in [2.05, 4.69) is 45.6 Å². The van der Waals surface area contributed by atoms with Gasteiger partial charge in [-0.25, -0.2) is 9.97 Å². The third-order valence-electron chi connectivity index (χ3n) is 6.92. The fraction of sp³-hybridized carbons (Fsp3) is 0.321. The lowest BCUT2D eigenvalue weighted by atomic mass is 9.91. The number of methoxy groups -OCH3 is 1. The summed E-state index contributed by atoms with van der Waals surface area (Å²) in [5.41, 5.74) is 10.1. The highest BCUT2D eigenvalue weighted by atomic mass is 16.5. The highest BCUT2D eigenvalue weighted by molar-refractivity contribution is 5.71.